The van der Waals surface area contributed by atoms with Crippen molar-refractivity contribution < 1.29 is 18.0 Å². The van der Waals surface area contributed by atoms with E-state index in [2.05, 4.69) is 25.8 Å². The summed E-state index contributed by atoms with van der Waals surface area (Å²) in [5.74, 6) is -1.28. The highest BCUT2D eigenvalue weighted by Crippen LogP contribution is 2.16. The second-order valence-electron chi connectivity index (χ2n) is 5.04. The predicted molar refractivity (Wildman–Crippen MR) is 84.0 cm³/mol. The Balaban J connectivity index is 1.58. The molecule has 2 amide bonds. The Labute approximate surface area is 140 Å². The van der Waals surface area contributed by atoms with Crippen molar-refractivity contribution in [3.05, 3.63) is 65.7 Å². The fourth-order valence-corrected chi connectivity index (χ4v) is 2.02. The van der Waals surface area contributed by atoms with Gasteiger partial charge in [-0.05, 0) is 36.4 Å². The molecule has 3 rings (SSSR count). The van der Waals surface area contributed by atoms with Crippen molar-refractivity contribution in [1.82, 2.24) is 20.5 Å². The Bertz CT molecular complexity index is 895. The molecule has 0 atom stereocenters. The minimum absolute atomic E-state index is 0.00282. The smallest absolute Gasteiger partial charge is 0.319 e. The van der Waals surface area contributed by atoms with Crippen molar-refractivity contribution >= 4 is 11.7 Å². The summed E-state index contributed by atoms with van der Waals surface area (Å²) in [4.78, 5) is 15.9. The average Bonchev–Trinajstić information content (AvgIpc) is 3.05. The number of H-pyrrole nitrogens is 1. The number of rotatable bonds is 4. The summed E-state index contributed by atoms with van der Waals surface area (Å²) >= 11 is 0. The molecule has 0 saturated heterocycles. The number of nitrogens with one attached hydrogen (secondary N) is 3. The van der Waals surface area contributed by atoms with E-state index in [1.165, 1.54) is 24.3 Å². The average molecular weight is 347 g/mol. The lowest BCUT2D eigenvalue weighted by Crippen LogP contribution is -2.29. The van der Waals surface area contributed by atoms with E-state index in [0.29, 0.717) is 23.3 Å². The summed E-state index contributed by atoms with van der Waals surface area (Å²) in [7, 11) is 0. The van der Waals surface area contributed by atoms with E-state index >= 15 is 0 Å². The van der Waals surface area contributed by atoms with Crippen molar-refractivity contribution in [2.75, 3.05) is 5.32 Å². The Kier molecular flexibility index (Phi) is 4.64. The van der Waals surface area contributed by atoms with Crippen molar-refractivity contribution in [2.45, 2.75) is 6.54 Å². The molecule has 3 aromatic rings. The number of anilines is 1. The first-order valence-electron chi connectivity index (χ1n) is 7.18. The van der Waals surface area contributed by atoms with Crippen LogP contribution in [0.5, 0.6) is 0 Å². The molecular formula is C16H12F3N5O. The first kappa shape index (κ1) is 16.5. The number of aromatic nitrogens is 3. The molecule has 1 heterocycles. The Morgan fingerprint density at radius 2 is 1.76 bits per heavy atom. The van der Waals surface area contributed by atoms with Crippen LogP contribution in [-0.2, 0) is 6.54 Å². The Hall–Kier alpha value is -3.36. The molecule has 1 aromatic heterocycles. The number of amides is 2. The zero-order valence-corrected chi connectivity index (χ0v) is 12.7. The number of carbonyl (C=O) groups is 1. The van der Waals surface area contributed by atoms with Crippen LogP contribution >= 0.6 is 0 Å². The van der Waals surface area contributed by atoms with Gasteiger partial charge in [0.05, 0.1) is 12.2 Å². The third-order valence-corrected chi connectivity index (χ3v) is 3.23. The molecule has 0 spiro atoms. The van der Waals surface area contributed by atoms with E-state index in [1.54, 1.807) is 0 Å². The number of urea groups is 1. The van der Waals surface area contributed by atoms with Gasteiger partial charge in [-0.1, -0.05) is 0 Å². The minimum atomic E-state index is -0.881. The number of aromatic amines is 1. The molecule has 2 aromatic carbocycles. The molecule has 0 radical (unpaired) electrons. The summed E-state index contributed by atoms with van der Waals surface area (Å²) in [5.41, 5.74) is 0.463. The molecule has 0 fully saturated rings. The zero-order chi connectivity index (χ0) is 17.8. The molecule has 128 valence electrons. The Morgan fingerprint density at radius 3 is 2.48 bits per heavy atom. The summed E-state index contributed by atoms with van der Waals surface area (Å²) in [6.45, 7) is 0.00282. The Morgan fingerprint density at radius 1 is 1.04 bits per heavy atom. The van der Waals surface area contributed by atoms with Crippen LogP contribution < -0.4 is 10.6 Å². The normalized spacial score (nSPS) is 10.5. The summed E-state index contributed by atoms with van der Waals surface area (Å²) in [6, 6.07) is 7.75. The fourth-order valence-electron chi connectivity index (χ4n) is 2.02. The van der Waals surface area contributed by atoms with Gasteiger partial charge in [0.1, 0.15) is 23.3 Å². The van der Waals surface area contributed by atoms with Crippen molar-refractivity contribution in [3.63, 3.8) is 0 Å². The van der Waals surface area contributed by atoms with Gasteiger partial charge in [-0.2, -0.15) is 5.10 Å². The topological polar surface area (TPSA) is 82.7 Å². The van der Waals surface area contributed by atoms with E-state index in [-0.39, 0.29) is 18.0 Å². The molecule has 0 bridgehead atoms. The number of nitrogens with zero attached hydrogens (tertiary/aromatic N) is 2. The molecule has 0 saturated carbocycles. The minimum Gasteiger partial charge on any atom is -0.331 e. The van der Waals surface area contributed by atoms with Crippen LogP contribution in [0.15, 0.2) is 42.5 Å². The van der Waals surface area contributed by atoms with Crippen molar-refractivity contribution in [2.24, 2.45) is 0 Å². The number of benzene rings is 2. The molecule has 0 aliphatic heterocycles. The quantitative estimate of drug-likeness (QED) is 0.678. The molecule has 6 nitrogen and oxygen atoms in total. The van der Waals surface area contributed by atoms with Gasteiger partial charge in [-0.25, -0.2) is 22.9 Å². The maximum Gasteiger partial charge on any atom is 0.319 e. The maximum absolute atomic E-state index is 13.5. The van der Waals surface area contributed by atoms with Crippen molar-refractivity contribution in [1.29, 1.82) is 0 Å². The molecule has 25 heavy (non-hydrogen) atoms. The van der Waals surface area contributed by atoms with Gasteiger partial charge in [0.25, 0.3) is 0 Å². The lowest BCUT2D eigenvalue weighted by molar-refractivity contribution is 0.251. The van der Waals surface area contributed by atoms with Gasteiger partial charge >= 0.3 is 6.03 Å². The largest absolute Gasteiger partial charge is 0.331 e. The highest BCUT2D eigenvalue weighted by Gasteiger charge is 2.10. The van der Waals surface area contributed by atoms with E-state index in [0.717, 1.165) is 12.1 Å². The third-order valence-electron chi connectivity index (χ3n) is 3.23. The van der Waals surface area contributed by atoms with E-state index in [1.807, 2.05) is 0 Å². The lowest BCUT2D eigenvalue weighted by Gasteiger charge is -2.07. The van der Waals surface area contributed by atoms with Crippen LogP contribution in [0.1, 0.15) is 5.82 Å². The van der Waals surface area contributed by atoms with E-state index in [4.69, 9.17) is 0 Å². The lowest BCUT2D eigenvalue weighted by atomic mass is 10.2. The second kappa shape index (κ2) is 7.04. The van der Waals surface area contributed by atoms with Gasteiger partial charge in [0.15, 0.2) is 5.82 Å². The second-order valence-corrected chi connectivity index (χ2v) is 5.04. The number of carbonyl (C=O) groups excluding carboxylic acids is 1. The molecular weight excluding hydrogens is 335 g/mol. The molecule has 0 unspecified atom stereocenters. The number of hydrogen-bond donors (Lipinski definition) is 3. The highest BCUT2D eigenvalue weighted by molar-refractivity contribution is 5.89. The number of halogens is 3. The molecule has 9 heteroatoms. The van der Waals surface area contributed by atoms with Crippen LogP contribution in [0.3, 0.4) is 0 Å². The van der Waals surface area contributed by atoms with Gasteiger partial charge in [0, 0.05) is 11.6 Å². The molecule has 3 N–H and O–H groups in total. The van der Waals surface area contributed by atoms with Gasteiger partial charge in [0.2, 0.25) is 0 Å². The summed E-state index contributed by atoms with van der Waals surface area (Å²) in [5, 5.41) is 11.3. The SMILES string of the molecule is O=C(NCc1nc(-c2ccc(F)cc2)n[nH]1)Nc1ccc(F)cc1F. The van der Waals surface area contributed by atoms with E-state index in [9.17, 15) is 18.0 Å². The number of hydrogen-bond acceptors (Lipinski definition) is 3. The third kappa shape index (κ3) is 4.14. The first-order chi connectivity index (χ1) is 12.0. The maximum atomic E-state index is 13.5. The van der Waals surface area contributed by atoms with Crippen LogP contribution in [0.4, 0.5) is 23.7 Å². The zero-order valence-electron chi connectivity index (χ0n) is 12.7. The first-order valence-corrected chi connectivity index (χ1v) is 7.18. The fraction of sp³-hybridized carbons (Fsp3) is 0.0625. The predicted octanol–water partition coefficient (Wildman–Crippen LogP) is 3.21. The van der Waals surface area contributed by atoms with E-state index < -0.39 is 17.7 Å². The van der Waals surface area contributed by atoms with Gasteiger partial charge in [-0.15, -0.1) is 0 Å². The van der Waals surface area contributed by atoms with Crippen LogP contribution in [0.2, 0.25) is 0 Å². The highest BCUT2D eigenvalue weighted by atomic mass is 19.1. The van der Waals surface area contributed by atoms with Crippen LogP contribution in [0.25, 0.3) is 11.4 Å². The van der Waals surface area contributed by atoms with Crippen LogP contribution in [0, 0.1) is 17.5 Å². The summed E-state index contributed by atoms with van der Waals surface area (Å²) in [6.07, 6.45) is 0. The van der Waals surface area contributed by atoms with Gasteiger partial charge in [-0.3, -0.25) is 5.10 Å². The monoisotopic (exact) mass is 347 g/mol. The summed E-state index contributed by atoms with van der Waals surface area (Å²) < 4.78 is 39.2. The van der Waals surface area contributed by atoms with Crippen molar-refractivity contribution in [3.8, 4) is 11.4 Å². The standard InChI is InChI=1S/C16H12F3N5O/c17-10-3-1-9(2-4-10)15-22-14(23-24-15)8-20-16(25)21-13-6-5-11(18)7-12(13)19/h1-7H,8H2,(H2,20,21,25)(H,22,23,24). The molecule has 0 aliphatic carbocycles. The molecule has 0 aliphatic rings. The van der Waals surface area contributed by atoms with Gasteiger partial charge < -0.3 is 10.6 Å². The van der Waals surface area contributed by atoms with Crippen LogP contribution in [-0.4, -0.2) is 21.2 Å².